The van der Waals surface area contributed by atoms with Crippen molar-refractivity contribution >= 4 is 18.0 Å². The number of carboxylic acid groups (broad SMARTS) is 1. The van der Waals surface area contributed by atoms with E-state index in [1.54, 1.807) is 42.3 Å². The fraction of sp³-hybridized carbons (Fsp3) is 0.458. The van der Waals surface area contributed by atoms with Crippen LogP contribution in [-0.4, -0.2) is 62.3 Å². The number of carboxylic acids is 1. The molecular formula is C24H32N4O8. The minimum atomic E-state index is -1.62. The molecule has 196 valence electrons. The van der Waals surface area contributed by atoms with Gasteiger partial charge < -0.3 is 25.2 Å². The van der Waals surface area contributed by atoms with Crippen LogP contribution < -0.4 is 17.0 Å². The molecule has 36 heavy (non-hydrogen) atoms. The highest BCUT2D eigenvalue weighted by atomic mass is 16.6. The van der Waals surface area contributed by atoms with Gasteiger partial charge in [0.05, 0.1) is 6.04 Å². The minimum Gasteiger partial charge on any atom is -0.480 e. The topological polar surface area (TPSA) is 174 Å². The van der Waals surface area contributed by atoms with Crippen LogP contribution in [-0.2, 0) is 25.7 Å². The Bertz CT molecular complexity index is 1180. The number of aryl methyl sites for hydroxylation is 1. The van der Waals surface area contributed by atoms with Gasteiger partial charge in [-0.2, -0.15) is 0 Å². The van der Waals surface area contributed by atoms with Crippen LogP contribution in [0.5, 0.6) is 0 Å². The Hall–Kier alpha value is -3.93. The molecule has 0 bridgehead atoms. The van der Waals surface area contributed by atoms with Gasteiger partial charge in [-0.25, -0.2) is 19.2 Å². The van der Waals surface area contributed by atoms with Gasteiger partial charge in [0.2, 0.25) is 6.04 Å². The van der Waals surface area contributed by atoms with Crippen molar-refractivity contribution in [3.8, 4) is 0 Å². The average Bonchev–Trinajstić information content (AvgIpc) is 3.29. The molecule has 1 fully saturated rings. The maximum Gasteiger partial charge on any atom is 0.410 e. The molecule has 0 spiro atoms. The van der Waals surface area contributed by atoms with E-state index in [1.165, 1.54) is 4.57 Å². The second kappa shape index (κ2) is 12.2. The Morgan fingerprint density at radius 2 is 1.83 bits per heavy atom. The number of esters is 1. The number of H-pyrrole nitrogens is 1. The third-order valence-corrected chi connectivity index (χ3v) is 5.10. The molecule has 0 saturated carbocycles. The number of carbonyl (C=O) groups is 3. The number of nitrogens with one attached hydrogen (secondary N) is 1. The number of ether oxygens (including phenoxy) is 2. The van der Waals surface area contributed by atoms with Crippen molar-refractivity contribution in [2.24, 2.45) is 5.73 Å². The average molecular weight is 505 g/mol. The van der Waals surface area contributed by atoms with E-state index in [0.29, 0.717) is 25.1 Å². The number of amides is 1. The largest absolute Gasteiger partial charge is 0.480 e. The van der Waals surface area contributed by atoms with Crippen LogP contribution in [0.25, 0.3) is 0 Å². The standard InChI is InChI=1S/C14H21N3O4.C10H11NO4/c1-9-7-17(12(19)15-11(9)18)10-5-6-16(8-10)13(20)21-14(2,3)4;11-8(9(12)13)10(14)15-6-7-4-2-1-3-5-7/h7,10H,5-6,8H2,1-4H3,(H,15,18,19);1-5,8H,6,11H2,(H,12,13)/t10-;8-/m00/s1. The Morgan fingerprint density at radius 3 is 2.42 bits per heavy atom. The molecule has 1 aliphatic heterocycles. The number of aromatic nitrogens is 2. The Balaban J connectivity index is 0.000000269. The molecule has 2 atom stereocenters. The van der Waals surface area contributed by atoms with Gasteiger partial charge in [0, 0.05) is 24.8 Å². The van der Waals surface area contributed by atoms with Gasteiger partial charge in [0.15, 0.2) is 0 Å². The summed E-state index contributed by atoms with van der Waals surface area (Å²) in [4.78, 5) is 60.5. The summed E-state index contributed by atoms with van der Waals surface area (Å²) in [5.41, 5.74) is 4.95. The van der Waals surface area contributed by atoms with Crippen molar-refractivity contribution in [1.82, 2.24) is 14.5 Å². The summed E-state index contributed by atoms with van der Waals surface area (Å²) >= 11 is 0. The van der Waals surface area contributed by atoms with Crippen molar-refractivity contribution < 1.29 is 29.0 Å². The summed E-state index contributed by atoms with van der Waals surface area (Å²) < 4.78 is 11.5. The van der Waals surface area contributed by atoms with E-state index in [-0.39, 0.29) is 24.3 Å². The monoisotopic (exact) mass is 504 g/mol. The molecule has 1 aromatic heterocycles. The van der Waals surface area contributed by atoms with Crippen LogP contribution in [0.2, 0.25) is 0 Å². The fourth-order valence-corrected chi connectivity index (χ4v) is 3.24. The molecule has 1 aromatic carbocycles. The fourth-order valence-electron chi connectivity index (χ4n) is 3.24. The number of rotatable bonds is 5. The number of nitrogens with zero attached hydrogens (tertiary/aromatic N) is 2. The first kappa shape index (κ1) is 28.3. The molecular weight excluding hydrogens is 472 g/mol. The number of aliphatic carboxylic acids is 1. The van der Waals surface area contributed by atoms with E-state index in [4.69, 9.17) is 20.3 Å². The zero-order valence-corrected chi connectivity index (χ0v) is 20.7. The number of hydrogen-bond donors (Lipinski definition) is 3. The number of carbonyl (C=O) groups excluding carboxylic acids is 2. The summed E-state index contributed by atoms with van der Waals surface area (Å²) in [6.45, 7) is 8.05. The van der Waals surface area contributed by atoms with E-state index >= 15 is 0 Å². The van der Waals surface area contributed by atoms with Crippen molar-refractivity contribution in [3.63, 3.8) is 0 Å². The summed E-state index contributed by atoms with van der Waals surface area (Å²) in [6.07, 6.45) is 1.83. The first-order valence-corrected chi connectivity index (χ1v) is 11.3. The molecule has 1 aliphatic rings. The molecule has 0 unspecified atom stereocenters. The number of hydrogen-bond acceptors (Lipinski definition) is 8. The van der Waals surface area contributed by atoms with Crippen LogP contribution in [0.3, 0.4) is 0 Å². The molecule has 1 amide bonds. The van der Waals surface area contributed by atoms with E-state index in [0.717, 1.165) is 5.56 Å². The number of nitrogens with two attached hydrogens (primary N) is 1. The number of benzene rings is 1. The third-order valence-electron chi connectivity index (χ3n) is 5.10. The lowest BCUT2D eigenvalue weighted by atomic mass is 10.2. The molecule has 2 aromatic rings. The molecule has 4 N–H and O–H groups in total. The summed E-state index contributed by atoms with van der Waals surface area (Å²) in [7, 11) is 0. The van der Waals surface area contributed by atoms with Gasteiger partial charge >= 0.3 is 23.7 Å². The SMILES string of the molecule is Cc1cn([C@H]2CCN(C(=O)OC(C)(C)C)C2)c(=O)[nH]c1=O.N[C@@H](C(=O)O)C(=O)OCc1ccccc1. The summed E-state index contributed by atoms with van der Waals surface area (Å²) in [5, 5.41) is 8.42. The lowest BCUT2D eigenvalue weighted by Crippen LogP contribution is -2.39. The van der Waals surface area contributed by atoms with Crippen molar-refractivity contribution in [3.05, 3.63) is 68.5 Å². The number of aromatic amines is 1. The van der Waals surface area contributed by atoms with Gasteiger partial charge in [0.1, 0.15) is 12.2 Å². The quantitative estimate of drug-likeness (QED) is 0.399. The Kier molecular flexibility index (Phi) is 9.56. The van der Waals surface area contributed by atoms with E-state index in [9.17, 15) is 24.0 Å². The van der Waals surface area contributed by atoms with Gasteiger partial charge in [-0.1, -0.05) is 30.3 Å². The van der Waals surface area contributed by atoms with Crippen LogP contribution in [0.15, 0.2) is 46.1 Å². The maximum absolute atomic E-state index is 12.0. The maximum atomic E-state index is 12.0. The van der Waals surface area contributed by atoms with Crippen LogP contribution in [0, 0.1) is 6.92 Å². The van der Waals surface area contributed by atoms with Gasteiger partial charge in [-0.05, 0) is 39.7 Å². The molecule has 12 nitrogen and oxygen atoms in total. The second-order valence-electron chi connectivity index (χ2n) is 9.26. The second-order valence-corrected chi connectivity index (χ2v) is 9.26. The predicted molar refractivity (Wildman–Crippen MR) is 129 cm³/mol. The van der Waals surface area contributed by atoms with E-state index < -0.39 is 29.3 Å². The van der Waals surface area contributed by atoms with Gasteiger partial charge in [-0.15, -0.1) is 0 Å². The predicted octanol–water partition coefficient (Wildman–Crippen LogP) is 1.17. The third kappa shape index (κ3) is 8.38. The van der Waals surface area contributed by atoms with Gasteiger partial charge in [0.25, 0.3) is 5.56 Å². The number of likely N-dealkylation sites (tertiary alicyclic amines) is 1. The lowest BCUT2D eigenvalue weighted by Gasteiger charge is -2.24. The summed E-state index contributed by atoms with van der Waals surface area (Å²) in [6, 6.07) is 7.18. The van der Waals surface area contributed by atoms with Crippen molar-refractivity contribution in [2.45, 2.75) is 58.4 Å². The van der Waals surface area contributed by atoms with Crippen molar-refractivity contribution in [2.75, 3.05) is 13.1 Å². The normalized spacial score (nSPS) is 15.9. The molecule has 0 aliphatic carbocycles. The smallest absolute Gasteiger partial charge is 0.410 e. The highest BCUT2D eigenvalue weighted by molar-refractivity contribution is 5.97. The zero-order valence-electron chi connectivity index (χ0n) is 20.7. The van der Waals surface area contributed by atoms with E-state index in [2.05, 4.69) is 4.98 Å². The Labute approximate surface area is 207 Å². The zero-order chi connectivity index (χ0) is 27.0. The van der Waals surface area contributed by atoms with Crippen molar-refractivity contribution in [1.29, 1.82) is 0 Å². The highest BCUT2D eigenvalue weighted by Gasteiger charge is 2.31. The van der Waals surface area contributed by atoms with Crippen LogP contribution in [0.4, 0.5) is 4.79 Å². The molecule has 3 rings (SSSR count). The first-order valence-electron chi connectivity index (χ1n) is 11.3. The van der Waals surface area contributed by atoms with Crippen LogP contribution in [0.1, 0.15) is 44.4 Å². The molecule has 0 radical (unpaired) electrons. The lowest BCUT2D eigenvalue weighted by molar-refractivity contribution is -0.154. The molecule has 1 saturated heterocycles. The Morgan fingerprint density at radius 1 is 1.19 bits per heavy atom. The van der Waals surface area contributed by atoms with Crippen LogP contribution >= 0.6 is 0 Å². The van der Waals surface area contributed by atoms with E-state index in [1.807, 2.05) is 26.8 Å². The summed E-state index contributed by atoms with van der Waals surface area (Å²) in [5.74, 6) is -2.33. The van der Waals surface area contributed by atoms with Gasteiger partial charge in [-0.3, -0.25) is 14.3 Å². The minimum absolute atomic E-state index is 0.0284. The highest BCUT2D eigenvalue weighted by Crippen LogP contribution is 2.22. The first-order chi connectivity index (χ1) is 16.8. The molecule has 12 heteroatoms. The molecule has 2 heterocycles.